The van der Waals surface area contributed by atoms with Crippen molar-refractivity contribution in [3.63, 3.8) is 0 Å². The zero-order valence-electron chi connectivity index (χ0n) is 6.85. The van der Waals surface area contributed by atoms with Gasteiger partial charge in [0.15, 0.2) is 0 Å². The topological polar surface area (TPSA) is 21.3 Å². The highest BCUT2D eigenvalue weighted by molar-refractivity contribution is 4.88. The lowest BCUT2D eigenvalue weighted by Gasteiger charge is -2.18. The third-order valence-electron chi connectivity index (χ3n) is 1.60. The van der Waals surface area contributed by atoms with Crippen molar-refractivity contribution in [3.8, 4) is 12.3 Å². The van der Waals surface area contributed by atoms with Crippen LogP contribution in [0.2, 0.25) is 0 Å². The van der Waals surface area contributed by atoms with E-state index in [9.17, 15) is 0 Å². The first-order valence-corrected chi connectivity index (χ1v) is 3.42. The molecule has 0 heterocycles. The normalized spacial score (nSPS) is 15.8. The lowest BCUT2D eigenvalue weighted by Crippen LogP contribution is -2.36. The van der Waals surface area contributed by atoms with Gasteiger partial charge in [-0.15, -0.1) is 6.42 Å². The second-order valence-corrected chi connectivity index (χ2v) is 2.31. The second kappa shape index (κ2) is 5.28. The molecule has 10 heavy (non-hydrogen) atoms. The van der Waals surface area contributed by atoms with Crippen LogP contribution in [-0.4, -0.2) is 25.8 Å². The maximum Gasteiger partial charge on any atom is 0.0693 e. The van der Waals surface area contributed by atoms with E-state index < -0.39 is 0 Å². The number of methoxy groups -OCH3 is 1. The molecule has 0 rings (SSSR count). The number of hydrogen-bond donors (Lipinski definition) is 1. The van der Waals surface area contributed by atoms with E-state index in [4.69, 9.17) is 11.2 Å². The smallest absolute Gasteiger partial charge is 0.0693 e. The van der Waals surface area contributed by atoms with Gasteiger partial charge < -0.3 is 10.1 Å². The molecule has 0 bridgehead atoms. The number of nitrogens with one attached hydrogen (secondary N) is 1. The summed E-state index contributed by atoms with van der Waals surface area (Å²) >= 11 is 0. The molecule has 58 valence electrons. The molecule has 1 N–H and O–H groups in total. The molecular weight excluding hydrogens is 126 g/mol. The molecule has 2 heteroatoms. The summed E-state index contributed by atoms with van der Waals surface area (Å²) in [6.45, 7) is 4.66. The predicted molar refractivity (Wildman–Crippen MR) is 42.8 cm³/mol. The van der Waals surface area contributed by atoms with Crippen LogP contribution in [0, 0.1) is 12.3 Å². The molecular formula is C8H15NO. The summed E-state index contributed by atoms with van der Waals surface area (Å²) in [5.41, 5.74) is 0. The predicted octanol–water partition coefficient (Wildman–Crippen LogP) is 0.633. The van der Waals surface area contributed by atoms with Crippen molar-refractivity contribution in [2.75, 3.05) is 13.7 Å². The Labute approximate surface area is 63.0 Å². The van der Waals surface area contributed by atoms with Crippen molar-refractivity contribution in [2.45, 2.75) is 26.0 Å². The Hall–Kier alpha value is -0.520. The largest absolute Gasteiger partial charge is 0.380 e. The highest BCUT2D eigenvalue weighted by Gasteiger charge is 2.07. The minimum atomic E-state index is 0.216. The summed E-state index contributed by atoms with van der Waals surface area (Å²) in [6, 6.07) is 0.320. The first kappa shape index (κ1) is 9.48. The van der Waals surface area contributed by atoms with Crippen LogP contribution < -0.4 is 5.32 Å². The monoisotopic (exact) mass is 141 g/mol. The molecule has 0 aromatic carbocycles. The Morgan fingerprint density at radius 3 is 2.60 bits per heavy atom. The summed E-state index contributed by atoms with van der Waals surface area (Å²) < 4.78 is 5.08. The average molecular weight is 141 g/mol. The van der Waals surface area contributed by atoms with Crippen LogP contribution in [0.5, 0.6) is 0 Å². The van der Waals surface area contributed by atoms with E-state index in [1.165, 1.54) is 0 Å². The first-order chi connectivity index (χ1) is 4.72. The van der Waals surface area contributed by atoms with Gasteiger partial charge in [-0.25, -0.2) is 0 Å². The molecule has 0 amide bonds. The van der Waals surface area contributed by atoms with Crippen molar-refractivity contribution in [1.29, 1.82) is 0 Å². The molecule has 0 radical (unpaired) electrons. The van der Waals surface area contributed by atoms with E-state index in [-0.39, 0.29) is 6.10 Å². The summed E-state index contributed by atoms with van der Waals surface area (Å²) in [7, 11) is 1.69. The fraction of sp³-hybridized carbons (Fsp3) is 0.750. The highest BCUT2D eigenvalue weighted by atomic mass is 16.5. The summed E-state index contributed by atoms with van der Waals surface area (Å²) in [6.07, 6.45) is 5.28. The molecule has 0 fully saturated rings. The van der Waals surface area contributed by atoms with E-state index >= 15 is 0 Å². The standard InChI is InChI=1S/C8H15NO/c1-5-6-9-7(2)8(3)10-4/h1,7-9H,6H2,2-4H3. The van der Waals surface area contributed by atoms with Gasteiger partial charge in [-0.1, -0.05) is 5.92 Å². The molecule has 0 aliphatic rings. The van der Waals surface area contributed by atoms with E-state index in [0.29, 0.717) is 12.6 Å². The van der Waals surface area contributed by atoms with Crippen molar-refractivity contribution < 1.29 is 4.74 Å². The minimum absolute atomic E-state index is 0.216. The van der Waals surface area contributed by atoms with Gasteiger partial charge in [0, 0.05) is 13.2 Å². The summed E-state index contributed by atoms with van der Waals surface area (Å²) in [4.78, 5) is 0. The summed E-state index contributed by atoms with van der Waals surface area (Å²) in [5.74, 6) is 2.51. The molecule has 0 saturated carbocycles. The van der Waals surface area contributed by atoms with Crippen molar-refractivity contribution in [2.24, 2.45) is 0 Å². The molecule has 2 nitrogen and oxygen atoms in total. The van der Waals surface area contributed by atoms with Gasteiger partial charge in [-0.2, -0.15) is 0 Å². The lowest BCUT2D eigenvalue weighted by molar-refractivity contribution is 0.0902. The Balaban J connectivity index is 3.43. The fourth-order valence-corrected chi connectivity index (χ4v) is 0.590. The molecule has 0 aromatic rings. The molecule has 0 aromatic heterocycles. The average Bonchev–Trinajstić information content (AvgIpc) is 1.98. The van der Waals surface area contributed by atoms with Gasteiger partial charge in [-0.05, 0) is 13.8 Å². The second-order valence-electron chi connectivity index (χ2n) is 2.31. The van der Waals surface area contributed by atoms with Crippen LogP contribution >= 0.6 is 0 Å². The zero-order valence-corrected chi connectivity index (χ0v) is 6.85. The highest BCUT2D eigenvalue weighted by Crippen LogP contribution is 1.94. The third-order valence-corrected chi connectivity index (χ3v) is 1.60. The molecule has 0 spiro atoms. The number of hydrogen-bond acceptors (Lipinski definition) is 2. The van der Waals surface area contributed by atoms with Crippen LogP contribution in [0.1, 0.15) is 13.8 Å². The number of terminal acetylenes is 1. The van der Waals surface area contributed by atoms with Gasteiger partial charge in [0.2, 0.25) is 0 Å². The van der Waals surface area contributed by atoms with Crippen LogP contribution in [0.4, 0.5) is 0 Å². The zero-order chi connectivity index (χ0) is 7.98. The molecule has 0 saturated heterocycles. The van der Waals surface area contributed by atoms with Gasteiger partial charge in [0.1, 0.15) is 0 Å². The summed E-state index contributed by atoms with van der Waals surface area (Å²) in [5, 5.41) is 3.12. The Morgan fingerprint density at radius 1 is 1.60 bits per heavy atom. The van der Waals surface area contributed by atoms with Crippen LogP contribution in [-0.2, 0) is 4.74 Å². The van der Waals surface area contributed by atoms with Gasteiger partial charge in [0.25, 0.3) is 0 Å². The van der Waals surface area contributed by atoms with Gasteiger partial charge in [0.05, 0.1) is 12.6 Å². The maximum atomic E-state index is 5.08. The Kier molecular flexibility index (Phi) is 5.00. The maximum absolute atomic E-state index is 5.08. The SMILES string of the molecule is C#CCNC(C)C(C)OC. The minimum Gasteiger partial charge on any atom is -0.380 e. The van der Waals surface area contributed by atoms with Crippen LogP contribution in [0.15, 0.2) is 0 Å². The first-order valence-electron chi connectivity index (χ1n) is 3.42. The van der Waals surface area contributed by atoms with Crippen molar-refractivity contribution in [1.82, 2.24) is 5.32 Å². The Morgan fingerprint density at radius 2 is 2.20 bits per heavy atom. The number of rotatable bonds is 4. The Bertz CT molecular complexity index is 117. The molecule has 2 atom stereocenters. The lowest BCUT2D eigenvalue weighted by atomic mass is 10.2. The molecule has 0 aliphatic carbocycles. The van der Waals surface area contributed by atoms with E-state index in [0.717, 1.165) is 0 Å². The van der Waals surface area contributed by atoms with Crippen LogP contribution in [0.25, 0.3) is 0 Å². The van der Waals surface area contributed by atoms with Crippen molar-refractivity contribution in [3.05, 3.63) is 0 Å². The van der Waals surface area contributed by atoms with Gasteiger partial charge in [-0.3, -0.25) is 0 Å². The fourth-order valence-electron chi connectivity index (χ4n) is 0.590. The van der Waals surface area contributed by atoms with Crippen LogP contribution in [0.3, 0.4) is 0 Å². The van der Waals surface area contributed by atoms with E-state index in [2.05, 4.69) is 11.2 Å². The quantitative estimate of drug-likeness (QED) is 0.580. The third kappa shape index (κ3) is 3.49. The molecule has 2 unspecified atom stereocenters. The number of ether oxygens (including phenoxy) is 1. The van der Waals surface area contributed by atoms with E-state index in [1.807, 2.05) is 13.8 Å². The van der Waals surface area contributed by atoms with Gasteiger partial charge >= 0.3 is 0 Å². The van der Waals surface area contributed by atoms with Crippen molar-refractivity contribution >= 4 is 0 Å². The molecule has 0 aliphatic heterocycles. The van der Waals surface area contributed by atoms with E-state index in [1.54, 1.807) is 7.11 Å².